The number of nitrogen functional groups attached to an aromatic ring is 2. The standard InChI is InChI=1S/C20H22F2N10O9P2S/c21-8-12-7(39-18(8)31-4-27-10-14(23)25-3-26-15(10)31)2-37-43(35,44)41-13-6(1-36-42(34)40-12)38-19(9(13)22)32-5-28-11-16(32)29-20(24)30-17(11)33/h3-9,12-13,18-19,42H,1-2H2,(H,35,44)(H2,23,25,26)(H3,24,29,30,33)/t6?,7-,8-,9-,12-,13-,18-,19-,43+/m1/s1. The molecule has 3 saturated heterocycles. The molecule has 236 valence electrons. The zero-order chi connectivity index (χ0) is 30.9. The van der Waals surface area contributed by atoms with Crippen molar-refractivity contribution in [3.63, 3.8) is 0 Å². The number of nitrogens with zero attached hydrogens (tertiary/aromatic N) is 7. The van der Waals surface area contributed by atoms with Gasteiger partial charge in [0.1, 0.15) is 36.3 Å². The van der Waals surface area contributed by atoms with Crippen LogP contribution in [0.4, 0.5) is 20.5 Å². The van der Waals surface area contributed by atoms with Gasteiger partial charge < -0.3 is 30.0 Å². The lowest BCUT2D eigenvalue weighted by Crippen LogP contribution is -2.36. The van der Waals surface area contributed by atoms with Crippen molar-refractivity contribution in [1.29, 1.82) is 0 Å². The topological polar surface area (TPSA) is 249 Å². The van der Waals surface area contributed by atoms with E-state index in [0.29, 0.717) is 0 Å². The number of rotatable bonds is 2. The average Bonchev–Trinajstić information content (AvgIpc) is 3.72. The Morgan fingerprint density at radius 1 is 0.977 bits per heavy atom. The molecule has 5 N–H and O–H groups in total. The maximum atomic E-state index is 15.9. The van der Waals surface area contributed by atoms with Crippen molar-refractivity contribution in [2.24, 2.45) is 0 Å². The molecule has 0 saturated carbocycles. The highest BCUT2D eigenvalue weighted by molar-refractivity contribution is 8.44. The third kappa shape index (κ3) is 5.09. The van der Waals surface area contributed by atoms with Gasteiger partial charge in [-0.1, -0.05) is 12.2 Å². The van der Waals surface area contributed by atoms with Crippen LogP contribution in [0.2, 0.25) is 0 Å². The minimum atomic E-state index is -4.40. The minimum Gasteiger partial charge on any atom is -0.382 e. The molecule has 0 aromatic carbocycles. The predicted molar refractivity (Wildman–Crippen MR) is 147 cm³/mol. The van der Waals surface area contributed by atoms with Crippen molar-refractivity contribution in [2.75, 3.05) is 24.7 Å². The summed E-state index contributed by atoms with van der Waals surface area (Å²) in [4.78, 5) is 34.4. The van der Waals surface area contributed by atoms with E-state index in [0.717, 1.165) is 17.2 Å². The summed E-state index contributed by atoms with van der Waals surface area (Å²) in [5.74, 6) is -0.205. The van der Waals surface area contributed by atoms with Crippen LogP contribution < -0.4 is 17.0 Å². The quantitative estimate of drug-likeness (QED) is 0.169. The molecule has 0 bridgehead atoms. The van der Waals surface area contributed by atoms with E-state index in [1.54, 1.807) is 0 Å². The number of alkyl halides is 2. The number of fused-ring (bicyclic) bond motifs is 4. The van der Waals surface area contributed by atoms with E-state index >= 15 is 8.78 Å². The number of hydrogen-bond acceptors (Lipinski definition) is 16. The fourth-order valence-electron chi connectivity index (χ4n) is 5.20. The molecule has 4 aromatic heterocycles. The molecule has 0 aliphatic carbocycles. The molecule has 19 nitrogen and oxygen atoms in total. The summed E-state index contributed by atoms with van der Waals surface area (Å²) in [5, 5.41) is 0. The molecule has 7 heterocycles. The van der Waals surface area contributed by atoms with Gasteiger partial charge in [-0.3, -0.25) is 32.5 Å². The monoisotopic (exact) mass is 678 g/mol. The molecule has 44 heavy (non-hydrogen) atoms. The number of nitrogens with one attached hydrogen (secondary N) is 1. The van der Waals surface area contributed by atoms with E-state index < -0.39 is 83.0 Å². The van der Waals surface area contributed by atoms with E-state index in [9.17, 15) is 13.9 Å². The zero-order valence-electron chi connectivity index (χ0n) is 21.9. The lowest BCUT2D eigenvalue weighted by molar-refractivity contribution is -0.0539. The normalized spacial score (nSPS) is 36.6. The highest BCUT2D eigenvalue weighted by Gasteiger charge is 2.53. The molecular formula is C20H22F2N10O9P2S. The SMILES string of the molecule is Nc1nc2c(ncn2[C@@H]2OC3CO[PH](=O)O[C@H]4[C@@H](F)[C@H](n5cnc6c(N)ncnc65)O[C@@H]4CO[P@](=O)(S)O[C@H]3[C@H]2F)c(=O)[nH]1. The summed E-state index contributed by atoms with van der Waals surface area (Å²) < 4.78 is 93.3. The molecule has 0 radical (unpaired) electrons. The van der Waals surface area contributed by atoms with Gasteiger partial charge in [0.25, 0.3) is 5.56 Å². The van der Waals surface area contributed by atoms with Crippen LogP contribution in [-0.2, 0) is 36.7 Å². The number of imidazole rings is 2. The Kier molecular flexibility index (Phi) is 7.46. The molecule has 3 aliphatic rings. The first-order valence-electron chi connectivity index (χ1n) is 12.7. The van der Waals surface area contributed by atoms with Crippen LogP contribution in [0.5, 0.6) is 0 Å². The van der Waals surface area contributed by atoms with E-state index in [1.807, 2.05) is 0 Å². The van der Waals surface area contributed by atoms with Crippen LogP contribution in [-0.4, -0.2) is 89.0 Å². The van der Waals surface area contributed by atoms with Crippen molar-refractivity contribution in [3.8, 4) is 0 Å². The van der Waals surface area contributed by atoms with Crippen molar-refractivity contribution < 1.29 is 45.5 Å². The summed E-state index contributed by atoms with van der Waals surface area (Å²) in [6.07, 6.45) is -9.40. The van der Waals surface area contributed by atoms with Gasteiger partial charge in [0.2, 0.25) is 5.95 Å². The smallest absolute Gasteiger partial charge is 0.382 e. The number of halogens is 2. The van der Waals surface area contributed by atoms with Crippen LogP contribution in [0.25, 0.3) is 22.3 Å². The molecule has 3 fully saturated rings. The van der Waals surface area contributed by atoms with Crippen molar-refractivity contribution in [2.45, 2.75) is 49.2 Å². The Bertz CT molecular complexity index is 1880. The molecule has 7 rings (SSSR count). The molecule has 3 aliphatic heterocycles. The van der Waals surface area contributed by atoms with Gasteiger partial charge in [-0.05, 0) is 0 Å². The maximum Gasteiger partial charge on any atom is 0.386 e. The molecule has 0 spiro atoms. The van der Waals surface area contributed by atoms with E-state index in [4.69, 9.17) is 39.0 Å². The molecular weight excluding hydrogens is 656 g/mol. The van der Waals surface area contributed by atoms with Gasteiger partial charge in [0.15, 0.2) is 47.4 Å². The lowest BCUT2D eigenvalue weighted by Gasteiger charge is -2.26. The number of ether oxygens (including phenoxy) is 2. The molecule has 24 heteroatoms. The first-order chi connectivity index (χ1) is 21.0. The van der Waals surface area contributed by atoms with Crippen molar-refractivity contribution >= 4 is 61.4 Å². The fourth-order valence-corrected chi connectivity index (χ4v) is 7.56. The summed E-state index contributed by atoms with van der Waals surface area (Å²) in [5.41, 5.74) is 10.9. The second kappa shape index (κ2) is 11.1. The summed E-state index contributed by atoms with van der Waals surface area (Å²) >= 11 is 3.97. The van der Waals surface area contributed by atoms with Gasteiger partial charge in [0.05, 0.1) is 25.9 Å². The van der Waals surface area contributed by atoms with Gasteiger partial charge in [-0.25, -0.2) is 33.3 Å². The van der Waals surface area contributed by atoms with Gasteiger partial charge in [-0.2, -0.15) is 4.98 Å². The second-order valence-corrected chi connectivity index (χ2v) is 13.8. The molecule has 10 atom stereocenters. The lowest BCUT2D eigenvalue weighted by atomic mass is 10.1. The number of aromatic amines is 1. The summed E-state index contributed by atoms with van der Waals surface area (Å²) in [6, 6.07) is 0. The maximum absolute atomic E-state index is 15.9. The fraction of sp³-hybridized carbons (Fsp3) is 0.500. The average molecular weight is 678 g/mol. The molecule has 2 unspecified atom stereocenters. The molecule has 4 aromatic rings. The van der Waals surface area contributed by atoms with Gasteiger partial charge in [-0.15, -0.1) is 0 Å². The highest BCUT2D eigenvalue weighted by atomic mass is 32.7. The van der Waals surface area contributed by atoms with Crippen molar-refractivity contribution in [1.82, 2.24) is 39.0 Å². The first kappa shape index (κ1) is 29.6. The van der Waals surface area contributed by atoms with Gasteiger partial charge in [0, 0.05) is 0 Å². The number of H-pyrrole nitrogens is 1. The number of anilines is 2. The summed E-state index contributed by atoms with van der Waals surface area (Å²) in [7, 11) is -3.48. The third-order valence-electron chi connectivity index (χ3n) is 7.17. The van der Waals surface area contributed by atoms with Crippen LogP contribution >= 0.6 is 27.3 Å². The molecule has 0 amide bonds. The first-order valence-corrected chi connectivity index (χ1v) is 16.7. The zero-order valence-corrected chi connectivity index (χ0v) is 24.7. The number of hydrogen-bond donors (Lipinski definition) is 4. The van der Waals surface area contributed by atoms with E-state index in [1.165, 1.54) is 10.9 Å². The minimum absolute atomic E-state index is 0.0521. The number of nitrogens with two attached hydrogens (primary N) is 2. The summed E-state index contributed by atoms with van der Waals surface area (Å²) in [6.45, 7) is -5.66. The Balaban J connectivity index is 1.15. The van der Waals surface area contributed by atoms with Crippen LogP contribution in [0.15, 0.2) is 23.8 Å². The Hall–Kier alpha value is -3.07. The third-order valence-corrected chi connectivity index (χ3v) is 9.66. The van der Waals surface area contributed by atoms with E-state index in [2.05, 4.69) is 42.2 Å². The number of aromatic nitrogens is 8. The van der Waals surface area contributed by atoms with Crippen molar-refractivity contribution in [3.05, 3.63) is 29.3 Å². The van der Waals surface area contributed by atoms with Crippen LogP contribution in [0.1, 0.15) is 12.5 Å². The Labute approximate surface area is 249 Å². The van der Waals surface area contributed by atoms with E-state index in [-0.39, 0.29) is 34.1 Å². The number of thiol groups is 1. The predicted octanol–water partition coefficient (Wildman–Crippen LogP) is 0.840. The Morgan fingerprint density at radius 3 is 2.39 bits per heavy atom. The second-order valence-electron chi connectivity index (χ2n) is 9.86. The Morgan fingerprint density at radius 2 is 1.64 bits per heavy atom. The largest absolute Gasteiger partial charge is 0.386 e. The van der Waals surface area contributed by atoms with Crippen LogP contribution in [0.3, 0.4) is 0 Å². The van der Waals surface area contributed by atoms with Gasteiger partial charge >= 0.3 is 15.1 Å². The van der Waals surface area contributed by atoms with Crippen LogP contribution in [0, 0.1) is 0 Å². The highest BCUT2D eigenvalue weighted by Crippen LogP contribution is 2.57.